The van der Waals surface area contributed by atoms with Crippen LogP contribution in [0.2, 0.25) is 0 Å². The summed E-state index contributed by atoms with van der Waals surface area (Å²) in [5.74, 6) is 4.21. The van der Waals surface area contributed by atoms with E-state index >= 15 is 0 Å². The van der Waals surface area contributed by atoms with Gasteiger partial charge in [-0.15, -0.1) is 0 Å². The van der Waals surface area contributed by atoms with E-state index in [1.54, 1.807) is 12.1 Å². The molecule has 0 radical (unpaired) electrons. The van der Waals surface area contributed by atoms with Crippen molar-refractivity contribution in [2.45, 2.75) is 24.7 Å². The van der Waals surface area contributed by atoms with Gasteiger partial charge in [0.05, 0.1) is 18.6 Å². The summed E-state index contributed by atoms with van der Waals surface area (Å²) in [4.78, 5) is 10.8. The van der Waals surface area contributed by atoms with E-state index in [0.717, 1.165) is 5.56 Å². The topological polar surface area (TPSA) is 69.7 Å². The van der Waals surface area contributed by atoms with E-state index in [2.05, 4.69) is 16.6 Å². The zero-order valence-corrected chi connectivity index (χ0v) is 12.2. The largest absolute Gasteiger partial charge is 0.459 e. The maximum atomic E-state index is 11.8. The summed E-state index contributed by atoms with van der Waals surface area (Å²) in [5.41, 5.74) is 0.974. The lowest BCUT2D eigenvalue weighted by molar-refractivity contribution is -0.133. The first-order valence-corrected chi connectivity index (χ1v) is 7.39. The number of hydrogen-bond acceptors (Lipinski definition) is 5. The molecule has 0 spiro atoms. The Morgan fingerprint density at radius 3 is 2.50 bits per heavy atom. The summed E-state index contributed by atoms with van der Waals surface area (Å²) < 4.78 is 32.8. The highest BCUT2D eigenvalue weighted by atomic mass is 32.2. The second kappa shape index (κ2) is 7.68. The molecule has 1 aromatic carbocycles. The predicted octanol–water partition coefficient (Wildman–Crippen LogP) is 1.66. The molecule has 0 heterocycles. The van der Waals surface area contributed by atoms with Gasteiger partial charge in [0.1, 0.15) is 0 Å². The second-order valence-corrected chi connectivity index (χ2v) is 5.60. The van der Waals surface area contributed by atoms with Gasteiger partial charge < -0.3 is 4.74 Å². The molecule has 6 heteroatoms. The van der Waals surface area contributed by atoms with E-state index in [0.29, 0.717) is 12.8 Å². The first kappa shape index (κ1) is 16.2. The Morgan fingerprint density at radius 1 is 1.25 bits per heavy atom. The summed E-state index contributed by atoms with van der Waals surface area (Å²) in [6, 6.07) is 6.42. The van der Waals surface area contributed by atoms with Crippen LogP contribution in [0.15, 0.2) is 29.2 Å². The van der Waals surface area contributed by atoms with Crippen molar-refractivity contribution in [3.05, 3.63) is 29.8 Å². The van der Waals surface area contributed by atoms with Crippen LogP contribution < -0.4 is 0 Å². The molecule has 5 nitrogen and oxygen atoms in total. The minimum absolute atomic E-state index is 0.0199. The van der Waals surface area contributed by atoms with Gasteiger partial charge in [-0.2, -0.15) is 8.42 Å². The third-order valence-electron chi connectivity index (χ3n) is 2.37. The number of aryl methyl sites for hydroxylation is 1. The van der Waals surface area contributed by atoms with E-state index < -0.39 is 16.1 Å². The Kier molecular flexibility index (Phi) is 6.22. The molecule has 0 aliphatic rings. The third-order valence-corrected chi connectivity index (χ3v) is 3.70. The highest BCUT2D eigenvalue weighted by Gasteiger charge is 2.13. The smallest absolute Gasteiger partial charge is 0.384 e. The quantitative estimate of drug-likeness (QED) is 0.272. The molecule has 0 aliphatic heterocycles. The molecule has 20 heavy (non-hydrogen) atoms. The normalized spacial score (nSPS) is 10.5. The Hall–Kier alpha value is -1.84. The van der Waals surface area contributed by atoms with Gasteiger partial charge in [-0.05, 0) is 25.5 Å². The number of rotatable bonds is 5. The van der Waals surface area contributed by atoms with Gasteiger partial charge >= 0.3 is 5.97 Å². The number of esters is 1. The molecule has 0 aromatic heterocycles. The Bertz CT molecular complexity index is 605. The average Bonchev–Trinajstić information content (AvgIpc) is 2.42. The summed E-state index contributed by atoms with van der Waals surface area (Å²) in [6.07, 6.45) is 0.771. The number of methoxy groups -OCH3 is 1. The fourth-order valence-corrected chi connectivity index (χ4v) is 2.23. The van der Waals surface area contributed by atoms with E-state index in [1.807, 2.05) is 6.92 Å². The van der Waals surface area contributed by atoms with Gasteiger partial charge in [-0.25, -0.2) is 4.79 Å². The molecule has 0 unspecified atom stereocenters. The van der Waals surface area contributed by atoms with Crippen LogP contribution in [0.5, 0.6) is 0 Å². The standard InChI is InChI=1S/C14H16O5S/c1-12-7-9-13(10-8-12)20(16,17)19-11-5-3-4-6-14(15)18-2/h7-10H,3,5,11H2,1-2H3. The van der Waals surface area contributed by atoms with Gasteiger partial charge in [-0.3, -0.25) is 4.18 Å². The molecule has 0 bridgehead atoms. The predicted molar refractivity (Wildman–Crippen MR) is 73.3 cm³/mol. The van der Waals surface area contributed by atoms with Crippen LogP contribution >= 0.6 is 0 Å². The van der Waals surface area contributed by atoms with Gasteiger partial charge in [0.15, 0.2) is 0 Å². The molecular formula is C14H16O5S. The molecule has 1 rings (SSSR count). The summed E-state index contributed by atoms with van der Waals surface area (Å²) in [7, 11) is -2.48. The van der Waals surface area contributed by atoms with Crippen molar-refractivity contribution in [2.24, 2.45) is 0 Å². The molecule has 0 N–H and O–H groups in total. The maximum Gasteiger partial charge on any atom is 0.384 e. The van der Waals surface area contributed by atoms with E-state index in [9.17, 15) is 13.2 Å². The number of benzene rings is 1. The lowest BCUT2D eigenvalue weighted by Crippen LogP contribution is -2.07. The van der Waals surface area contributed by atoms with Crippen molar-refractivity contribution in [1.29, 1.82) is 0 Å². The second-order valence-electron chi connectivity index (χ2n) is 3.99. The minimum Gasteiger partial charge on any atom is -0.459 e. The summed E-state index contributed by atoms with van der Waals surface area (Å²) in [6.45, 7) is 1.89. The van der Waals surface area contributed by atoms with Crippen molar-refractivity contribution < 1.29 is 22.1 Å². The maximum absolute atomic E-state index is 11.8. The first-order valence-electron chi connectivity index (χ1n) is 5.98. The number of ether oxygens (including phenoxy) is 1. The van der Waals surface area contributed by atoms with Crippen LogP contribution in [-0.4, -0.2) is 28.1 Å². The lowest BCUT2D eigenvalue weighted by atomic mass is 10.2. The molecule has 0 saturated heterocycles. The molecular weight excluding hydrogens is 280 g/mol. The number of hydrogen-bond donors (Lipinski definition) is 0. The Morgan fingerprint density at radius 2 is 1.90 bits per heavy atom. The van der Waals surface area contributed by atoms with Crippen molar-refractivity contribution >= 4 is 16.1 Å². The fourth-order valence-electron chi connectivity index (χ4n) is 1.29. The zero-order chi connectivity index (χ0) is 15.0. The Balaban J connectivity index is 2.42. The van der Waals surface area contributed by atoms with Crippen molar-refractivity contribution in [3.63, 3.8) is 0 Å². The number of carbonyl (C=O) groups is 1. The SMILES string of the molecule is COC(=O)C#CCCCOS(=O)(=O)c1ccc(C)cc1. The van der Waals surface area contributed by atoms with Crippen LogP contribution in [0.1, 0.15) is 18.4 Å². The molecule has 0 aliphatic carbocycles. The van der Waals surface area contributed by atoms with Crippen LogP contribution in [0, 0.1) is 18.8 Å². The minimum atomic E-state index is -3.73. The van der Waals surface area contributed by atoms with E-state index in [4.69, 9.17) is 4.18 Å². The highest BCUT2D eigenvalue weighted by Crippen LogP contribution is 2.13. The fraction of sp³-hybridized carbons (Fsp3) is 0.357. The van der Waals surface area contributed by atoms with Crippen molar-refractivity contribution in [2.75, 3.05) is 13.7 Å². The molecule has 0 saturated carbocycles. The van der Waals surface area contributed by atoms with E-state index in [-0.39, 0.29) is 11.5 Å². The molecule has 108 valence electrons. The highest BCUT2D eigenvalue weighted by molar-refractivity contribution is 7.86. The molecule has 0 fully saturated rings. The van der Waals surface area contributed by atoms with E-state index in [1.165, 1.54) is 19.2 Å². The van der Waals surface area contributed by atoms with Crippen molar-refractivity contribution in [1.82, 2.24) is 0 Å². The molecule has 1 aromatic rings. The molecule has 0 atom stereocenters. The number of unbranched alkanes of at least 4 members (excludes halogenated alkanes) is 1. The van der Waals surface area contributed by atoms with Crippen LogP contribution in [0.3, 0.4) is 0 Å². The first-order chi connectivity index (χ1) is 9.45. The Labute approximate surface area is 119 Å². The van der Waals surface area contributed by atoms with Crippen LogP contribution in [0.25, 0.3) is 0 Å². The average molecular weight is 296 g/mol. The lowest BCUT2D eigenvalue weighted by Gasteiger charge is -2.04. The summed E-state index contributed by atoms with van der Waals surface area (Å²) in [5, 5.41) is 0. The summed E-state index contributed by atoms with van der Waals surface area (Å²) >= 11 is 0. The van der Waals surface area contributed by atoms with Crippen molar-refractivity contribution in [3.8, 4) is 11.8 Å². The van der Waals surface area contributed by atoms with Crippen LogP contribution in [-0.2, 0) is 23.8 Å². The van der Waals surface area contributed by atoms with Crippen LogP contribution in [0.4, 0.5) is 0 Å². The number of carbonyl (C=O) groups excluding carboxylic acids is 1. The van der Waals surface area contributed by atoms with Gasteiger partial charge in [0.25, 0.3) is 10.1 Å². The van der Waals surface area contributed by atoms with Gasteiger partial charge in [0.2, 0.25) is 0 Å². The van der Waals surface area contributed by atoms with Gasteiger partial charge in [0, 0.05) is 12.3 Å². The van der Waals surface area contributed by atoms with Gasteiger partial charge in [-0.1, -0.05) is 23.6 Å². The zero-order valence-electron chi connectivity index (χ0n) is 11.4. The molecule has 0 amide bonds. The third kappa shape index (κ3) is 5.43. The monoisotopic (exact) mass is 296 g/mol.